The minimum atomic E-state index is 0.0404. The van der Waals surface area contributed by atoms with Crippen LogP contribution in [0.25, 0.3) is 5.69 Å². The third-order valence-corrected chi connectivity index (χ3v) is 3.80. The van der Waals surface area contributed by atoms with Gasteiger partial charge in [0.2, 0.25) is 11.2 Å². The zero-order chi connectivity index (χ0) is 16.9. The molecule has 2 aromatic heterocycles. The van der Waals surface area contributed by atoms with E-state index in [1.54, 1.807) is 22.8 Å². The van der Waals surface area contributed by atoms with Gasteiger partial charge in [0.1, 0.15) is 5.82 Å². The number of benzene rings is 1. The van der Waals surface area contributed by atoms with Crippen molar-refractivity contribution in [2.24, 2.45) is 0 Å². The van der Waals surface area contributed by atoms with Crippen molar-refractivity contribution in [1.82, 2.24) is 29.9 Å². The fourth-order valence-electron chi connectivity index (χ4n) is 2.34. The summed E-state index contributed by atoms with van der Waals surface area (Å²) in [6.07, 6.45) is 4.47. The van der Waals surface area contributed by atoms with Gasteiger partial charge in [-0.15, -0.1) is 5.10 Å². The molecule has 1 aromatic carbocycles. The molecule has 3 aromatic rings. The molecule has 0 aliphatic rings. The molecular weight excluding hydrogens is 328 g/mol. The molecule has 2 heterocycles. The van der Waals surface area contributed by atoms with E-state index in [9.17, 15) is 4.79 Å². The summed E-state index contributed by atoms with van der Waals surface area (Å²) in [6.45, 7) is 0.551. The number of amides is 1. The topological polar surface area (TPSA) is 79.7 Å². The average Bonchev–Trinajstić information content (AvgIpc) is 3.25. The molecule has 0 saturated heterocycles. The largest absolute Gasteiger partial charge is 0.341 e. The molecule has 0 spiro atoms. The Morgan fingerprint density at radius 3 is 2.75 bits per heavy atom. The Bertz CT molecular complexity index is 796. The molecule has 1 N–H and O–H groups in total. The van der Waals surface area contributed by atoms with Crippen LogP contribution in [-0.4, -0.2) is 42.8 Å². The maximum atomic E-state index is 12.2. The van der Waals surface area contributed by atoms with Gasteiger partial charge >= 0.3 is 0 Å². The van der Waals surface area contributed by atoms with E-state index in [2.05, 4.69) is 20.3 Å². The molecule has 0 aliphatic heterocycles. The number of aryl methyl sites for hydroxylation is 1. The summed E-state index contributed by atoms with van der Waals surface area (Å²) in [7, 11) is 1.79. The highest BCUT2D eigenvalue weighted by molar-refractivity contribution is 6.28. The molecule has 0 fully saturated rings. The van der Waals surface area contributed by atoms with Crippen LogP contribution in [0.3, 0.4) is 0 Å². The molecule has 124 valence electrons. The highest BCUT2D eigenvalue weighted by Crippen LogP contribution is 2.11. The molecule has 0 bridgehead atoms. The summed E-state index contributed by atoms with van der Waals surface area (Å²) in [6, 6.07) is 9.84. The number of H-pyrrole nitrogens is 1. The predicted molar refractivity (Wildman–Crippen MR) is 89.8 cm³/mol. The lowest BCUT2D eigenvalue weighted by Crippen LogP contribution is -2.26. The second kappa shape index (κ2) is 7.27. The Kier molecular flexibility index (Phi) is 4.90. The minimum absolute atomic E-state index is 0.0404. The fourth-order valence-corrected chi connectivity index (χ4v) is 2.48. The normalized spacial score (nSPS) is 10.8. The van der Waals surface area contributed by atoms with Crippen LogP contribution in [0.2, 0.25) is 5.28 Å². The first kappa shape index (κ1) is 16.2. The van der Waals surface area contributed by atoms with E-state index in [4.69, 9.17) is 11.6 Å². The summed E-state index contributed by atoms with van der Waals surface area (Å²) in [5.74, 6) is 0.656. The Hall–Kier alpha value is -2.67. The van der Waals surface area contributed by atoms with Crippen molar-refractivity contribution in [2.75, 3.05) is 7.05 Å². The highest BCUT2D eigenvalue weighted by Gasteiger charge is 2.11. The predicted octanol–water partition coefficient (Wildman–Crippen LogP) is 2.23. The second-order valence-corrected chi connectivity index (χ2v) is 5.76. The molecule has 24 heavy (non-hydrogen) atoms. The van der Waals surface area contributed by atoms with Gasteiger partial charge in [0, 0.05) is 38.8 Å². The third-order valence-electron chi connectivity index (χ3n) is 3.63. The van der Waals surface area contributed by atoms with Crippen LogP contribution in [0.15, 0.2) is 42.7 Å². The summed E-state index contributed by atoms with van der Waals surface area (Å²) >= 11 is 5.64. The lowest BCUT2D eigenvalue weighted by Gasteiger charge is -2.17. The van der Waals surface area contributed by atoms with Gasteiger partial charge in [0.15, 0.2) is 0 Å². The zero-order valence-electron chi connectivity index (χ0n) is 13.2. The number of hydrogen-bond donors (Lipinski definition) is 1. The number of nitrogens with zero attached hydrogens (tertiary/aromatic N) is 5. The van der Waals surface area contributed by atoms with Crippen molar-refractivity contribution in [2.45, 2.75) is 19.4 Å². The summed E-state index contributed by atoms with van der Waals surface area (Å²) in [5, 5.41) is 10.8. The fraction of sp³-hybridized carbons (Fsp3) is 0.250. The van der Waals surface area contributed by atoms with Crippen LogP contribution < -0.4 is 0 Å². The van der Waals surface area contributed by atoms with Crippen LogP contribution in [0, 0.1) is 0 Å². The molecule has 7 nitrogen and oxygen atoms in total. The number of aromatic nitrogens is 5. The maximum Gasteiger partial charge on any atom is 0.242 e. The molecule has 0 radical (unpaired) electrons. The molecule has 0 atom stereocenters. The van der Waals surface area contributed by atoms with E-state index >= 15 is 0 Å². The van der Waals surface area contributed by atoms with Gasteiger partial charge in [-0.2, -0.15) is 5.10 Å². The highest BCUT2D eigenvalue weighted by atomic mass is 35.5. The summed E-state index contributed by atoms with van der Waals surface area (Å²) in [4.78, 5) is 17.9. The van der Waals surface area contributed by atoms with Gasteiger partial charge in [0.05, 0.1) is 5.69 Å². The quantitative estimate of drug-likeness (QED) is 0.743. The van der Waals surface area contributed by atoms with Gasteiger partial charge < -0.3 is 4.90 Å². The SMILES string of the molecule is CN(Cc1ccc(-n2cccn2)cc1)C(=O)CCc1nc(Cl)n[nH]1. The molecular formula is C16H17ClN6O. The standard InChI is InChI=1S/C16H17ClN6O/c1-22(15(24)8-7-14-19-16(17)21-20-14)11-12-3-5-13(6-4-12)23-10-2-9-18-23/h2-6,9-10H,7-8,11H2,1H3,(H,19,20,21). The van der Waals surface area contributed by atoms with Gasteiger partial charge in [-0.05, 0) is 35.4 Å². The molecule has 3 rings (SSSR count). The van der Waals surface area contributed by atoms with Gasteiger partial charge in [0.25, 0.3) is 0 Å². The van der Waals surface area contributed by atoms with Crippen molar-refractivity contribution >= 4 is 17.5 Å². The van der Waals surface area contributed by atoms with Crippen molar-refractivity contribution in [3.8, 4) is 5.69 Å². The maximum absolute atomic E-state index is 12.2. The van der Waals surface area contributed by atoms with Crippen molar-refractivity contribution in [3.05, 3.63) is 59.4 Å². The van der Waals surface area contributed by atoms with E-state index in [1.807, 2.05) is 36.5 Å². The Morgan fingerprint density at radius 2 is 2.12 bits per heavy atom. The Morgan fingerprint density at radius 1 is 1.33 bits per heavy atom. The minimum Gasteiger partial charge on any atom is -0.341 e. The summed E-state index contributed by atoms with van der Waals surface area (Å²) in [5.41, 5.74) is 2.05. The van der Waals surface area contributed by atoms with Crippen molar-refractivity contribution in [1.29, 1.82) is 0 Å². The van der Waals surface area contributed by atoms with Crippen molar-refractivity contribution < 1.29 is 4.79 Å². The number of halogens is 1. The van der Waals surface area contributed by atoms with Crippen LogP contribution in [0.1, 0.15) is 17.8 Å². The first-order valence-corrected chi connectivity index (χ1v) is 7.89. The number of rotatable bonds is 6. The molecule has 0 unspecified atom stereocenters. The van der Waals surface area contributed by atoms with E-state index in [-0.39, 0.29) is 11.2 Å². The average molecular weight is 345 g/mol. The van der Waals surface area contributed by atoms with E-state index in [0.29, 0.717) is 25.2 Å². The number of aromatic amines is 1. The third kappa shape index (κ3) is 3.99. The number of hydrogen-bond acceptors (Lipinski definition) is 4. The first-order chi connectivity index (χ1) is 11.6. The van der Waals surface area contributed by atoms with Gasteiger partial charge in [-0.3, -0.25) is 9.89 Å². The molecule has 1 amide bonds. The summed E-state index contributed by atoms with van der Waals surface area (Å²) < 4.78 is 1.79. The number of nitrogens with one attached hydrogen (secondary N) is 1. The van der Waals surface area contributed by atoms with E-state index in [1.165, 1.54) is 0 Å². The monoisotopic (exact) mass is 344 g/mol. The zero-order valence-corrected chi connectivity index (χ0v) is 13.9. The Labute approximate surface area is 144 Å². The van der Waals surface area contributed by atoms with Crippen LogP contribution in [-0.2, 0) is 17.8 Å². The second-order valence-electron chi connectivity index (χ2n) is 5.42. The van der Waals surface area contributed by atoms with Crippen LogP contribution >= 0.6 is 11.6 Å². The lowest BCUT2D eigenvalue weighted by molar-refractivity contribution is -0.130. The van der Waals surface area contributed by atoms with E-state index < -0.39 is 0 Å². The Balaban J connectivity index is 1.53. The number of carbonyl (C=O) groups is 1. The smallest absolute Gasteiger partial charge is 0.242 e. The first-order valence-electron chi connectivity index (χ1n) is 7.51. The molecule has 0 saturated carbocycles. The van der Waals surface area contributed by atoms with Gasteiger partial charge in [-0.1, -0.05) is 12.1 Å². The van der Waals surface area contributed by atoms with Crippen LogP contribution in [0.4, 0.5) is 0 Å². The molecule has 8 heteroatoms. The van der Waals surface area contributed by atoms with E-state index in [0.717, 1.165) is 11.3 Å². The van der Waals surface area contributed by atoms with Crippen molar-refractivity contribution in [3.63, 3.8) is 0 Å². The lowest BCUT2D eigenvalue weighted by atomic mass is 10.2. The van der Waals surface area contributed by atoms with Gasteiger partial charge in [-0.25, -0.2) is 9.67 Å². The molecule has 0 aliphatic carbocycles. The van der Waals surface area contributed by atoms with Crippen LogP contribution in [0.5, 0.6) is 0 Å². The number of carbonyl (C=O) groups excluding carboxylic acids is 1.